The van der Waals surface area contributed by atoms with Crippen molar-refractivity contribution < 1.29 is 12.3 Å². The summed E-state index contributed by atoms with van der Waals surface area (Å²) in [5.74, 6) is 0. The summed E-state index contributed by atoms with van der Waals surface area (Å²) in [6, 6.07) is 3.09. The zero-order chi connectivity index (χ0) is 10.8. The van der Waals surface area contributed by atoms with Gasteiger partial charge in [0.1, 0.15) is 5.15 Å². The zero-order valence-electron chi connectivity index (χ0n) is 7.31. The van der Waals surface area contributed by atoms with Crippen LogP contribution in [0.25, 0.3) is 0 Å². The number of aromatic nitrogens is 1. The topological polar surface area (TPSA) is 50.3 Å². The Bertz CT molecular complexity index is 406. The molecule has 78 valence electrons. The first-order chi connectivity index (χ1) is 6.39. The van der Waals surface area contributed by atoms with E-state index in [4.69, 9.17) is 11.6 Å². The van der Waals surface area contributed by atoms with E-state index in [1.165, 1.54) is 12.3 Å². The lowest BCUT2D eigenvalue weighted by Crippen LogP contribution is -2.22. The van der Waals surface area contributed by atoms with Gasteiger partial charge in [-0.2, -0.15) is 12.7 Å². The first-order valence-corrected chi connectivity index (χ1v) is 5.38. The molecule has 0 bridgehead atoms. The van der Waals surface area contributed by atoms with Crippen LogP contribution in [0.1, 0.15) is 5.56 Å². The number of rotatable bonds is 3. The Labute approximate surface area is 86.7 Å². The van der Waals surface area contributed by atoms with E-state index in [-0.39, 0.29) is 6.54 Å². The molecule has 0 aliphatic heterocycles. The summed E-state index contributed by atoms with van der Waals surface area (Å²) in [6.45, 7) is -0.0665. The molecule has 1 rings (SSSR count). The Morgan fingerprint density at radius 2 is 2.21 bits per heavy atom. The molecular formula is C7H8ClFN2O2S. The third kappa shape index (κ3) is 3.21. The van der Waals surface area contributed by atoms with Crippen molar-refractivity contribution >= 4 is 22.0 Å². The molecule has 0 aliphatic rings. The lowest BCUT2D eigenvalue weighted by atomic mass is 10.3. The molecule has 0 aliphatic carbocycles. The average Bonchev–Trinajstić information content (AvgIpc) is 2.07. The van der Waals surface area contributed by atoms with Gasteiger partial charge in [0.25, 0.3) is 0 Å². The molecule has 0 unspecified atom stereocenters. The van der Waals surface area contributed by atoms with Crippen LogP contribution in [0, 0.1) is 0 Å². The van der Waals surface area contributed by atoms with E-state index in [9.17, 15) is 12.3 Å². The van der Waals surface area contributed by atoms with Gasteiger partial charge in [-0.25, -0.2) is 4.98 Å². The van der Waals surface area contributed by atoms with Crippen LogP contribution < -0.4 is 0 Å². The molecule has 0 atom stereocenters. The van der Waals surface area contributed by atoms with Gasteiger partial charge in [0.15, 0.2) is 0 Å². The number of hydrogen-bond donors (Lipinski definition) is 0. The number of hydrogen-bond acceptors (Lipinski definition) is 3. The van der Waals surface area contributed by atoms with Gasteiger partial charge in [-0.1, -0.05) is 21.6 Å². The highest BCUT2D eigenvalue weighted by molar-refractivity contribution is 7.83. The summed E-state index contributed by atoms with van der Waals surface area (Å²) in [4.78, 5) is 3.74. The summed E-state index contributed by atoms with van der Waals surface area (Å²) >= 11 is 5.52. The van der Waals surface area contributed by atoms with Crippen LogP contribution in [-0.4, -0.2) is 24.8 Å². The molecule has 4 nitrogen and oxygen atoms in total. The Morgan fingerprint density at radius 3 is 2.64 bits per heavy atom. The summed E-state index contributed by atoms with van der Waals surface area (Å²) in [5.41, 5.74) is 0.568. The van der Waals surface area contributed by atoms with Crippen LogP contribution in [-0.2, 0) is 17.0 Å². The molecule has 1 heterocycles. The fraction of sp³-hybridized carbons (Fsp3) is 0.286. The normalized spacial score (nSPS) is 12.0. The summed E-state index contributed by atoms with van der Waals surface area (Å²) < 4.78 is 33.8. The SMILES string of the molecule is CN(Cc1ccc(Cl)nc1)S(=O)(=O)F. The van der Waals surface area contributed by atoms with Gasteiger partial charge in [-0.15, -0.1) is 0 Å². The van der Waals surface area contributed by atoms with Crippen molar-refractivity contribution in [2.45, 2.75) is 6.54 Å². The Balaban J connectivity index is 2.75. The van der Waals surface area contributed by atoms with Gasteiger partial charge in [-0.3, -0.25) is 0 Å². The average molecular weight is 239 g/mol. The van der Waals surface area contributed by atoms with Crippen molar-refractivity contribution in [3.63, 3.8) is 0 Å². The van der Waals surface area contributed by atoms with Crippen LogP contribution in [0.4, 0.5) is 3.89 Å². The maximum atomic E-state index is 12.4. The molecule has 1 aromatic rings. The van der Waals surface area contributed by atoms with E-state index in [1.807, 2.05) is 0 Å². The summed E-state index contributed by atoms with van der Waals surface area (Å²) in [5, 5.41) is 0.305. The predicted molar refractivity (Wildman–Crippen MR) is 50.7 cm³/mol. The fourth-order valence-corrected chi connectivity index (χ4v) is 1.25. The minimum atomic E-state index is -4.64. The second-order valence-electron chi connectivity index (χ2n) is 2.69. The van der Waals surface area contributed by atoms with Crippen molar-refractivity contribution in [1.82, 2.24) is 9.29 Å². The molecule has 14 heavy (non-hydrogen) atoms. The van der Waals surface area contributed by atoms with Gasteiger partial charge >= 0.3 is 10.4 Å². The molecule has 0 N–H and O–H groups in total. The number of pyridine rings is 1. The molecule has 0 aromatic carbocycles. The maximum Gasteiger partial charge on any atom is 0.374 e. The molecular weight excluding hydrogens is 231 g/mol. The van der Waals surface area contributed by atoms with Gasteiger partial charge in [0.05, 0.1) is 0 Å². The number of halogens is 2. The minimum Gasteiger partial charge on any atom is -0.244 e. The molecule has 0 radical (unpaired) electrons. The summed E-state index contributed by atoms with van der Waals surface area (Å²) in [6.07, 6.45) is 1.39. The minimum absolute atomic E-state index is 0.0665. The zero-order valence-corrected chi connectivity index (χ0v) is 8.89. The third-order valence-electron chi connectivity index (χ3n) is 1.57. The highest BCUT2D eigenvalue weighted by atomic mass is 35.5. The van der Waals surface area contributed by atoms with Crippen LogP contribution in [0.5, 0.6) is 0 Å². The van der Waals surface area contributed by atoms with Gasteiger partial charge in [-0.05, 0) is 11.6 Å². The number of nitrogens with zero attached hydrogens (tertiary/aromatic N) is 2. The van der Waals surface area contributed by atoms with Gasteiger partial charge in [0, 0.05) is 19.8 Å². The van der Waals surface area contributed by atoms with Gasteiger partial charge < -0.3 is 0 Å². The highest BCUT2D eigenvalue weighted by Gasteiger charge is 2.15. The van der Waals surface area contributed by atoms with Crippen molar-refractivity contribution in [3.8, 4) is 0 Å². The monoisotopic (exact) mass is 238 g/mol. The summed E-state index contributed by atoms with van der Waals surface area (Å²) in [7, 11) is -3.50. The Morgan fingerprint density at radius 1 is 1.57 bits per heavy atom. The molecule has 0 fully saturated rings. The molecule has 0 saturated heterocycles. The van der Waals surface area contributed by atoms with Crippen molar-refractivity contribution in [1.29, 1.82) is 0 Å². The van der Waals surface area contributed by atoms with E-state index < -0.39 is 10.4 Å². The first kappa shape index (κ1) is 11.4. The van der Waals surface area contributed by atoms with Crippen LogP contribution in [0.3, 0.4) is 0 Å². The fourth-order valence-electron chi connectivity index (χ4n) is 0.834. The molecule has 1 aromatic heterocycles. The molecule has 0 saturated carbocycles. The Hall–Kier alpha value is -0.720. The highest BCUT2D eigenvalue weighted by Crippen LogP contribution is 2.09. The van der Waals surface area contributed by atoms with E-state index in [0.717, 1.165) is 7.05 Å². The van der Waals surface area contributed by atoms with E-state index in [2.05, 4.69) is 4.98 Å². The standard InChI is InChI=1S/C7H8ClFN2O2S/c1-11(14(9,12)13)5-6-2-3-7(8)10-4-6/h2-4H,5H2,1H3. The third-order valence-corrected chi connectivity index (χ3v) is 2.66. The first-order valence-electron chi connectivity index (χ1n) is 3.66. The smallest absolute Gasteiger partial charge is 0.244 e. The lowest BCUT2D eigenvalue weighted by Gasteiger charge is -2.10. The largest absolute Gasteiger partial charge is 0.374 e. The Kier molecular flexibility index (Phi) is 3.41. The van der Waals surface area contributed by atoms with Crippen LogP contribution in [0.2, 0.25) is 5.15 Å². The lowest BCUT2D eigenvalue weighted by molar-refractivity contribution is 0.429. The maximum absolute atomic E-state index is 12.4. The molecule has 0 spiro atoms. The second kappa shape index (κ2) is 4.20. The van der Waals surface area contributed by atoms with Gasteiger partial charge in [0.2, 0.25) is 0 Å². The van der Waals surface area contributed by atoms with Crippen LogP contribution >= 0.6 is 11.6 Å². The van der Waals surface area contributed by atoms with Crippen LogP contribution in [0.15, 0.2) is 18.3 Å². The molecule has 0 amide bonds. The van der Waals surface area contributed by atoms with E-state index >= 15 is 0 Å². The van der Waals surface area contributed by atoms with Crippen molar-refractivity contribution in [2.24, 2.45) is 0 Å². The van der Waals surface area contributed by atoms with E-state index in [0.29, 0.717) is 15.0 Å². The van der Waals surface area contributed by atoms with E-state index in [1.54, 1.807) is 6.07 Å². The predicted octanol–water partition coefficient (Wildman–Crippen LogP) is 1.38. The van der Waals surface area contributed by atoms with Crippen molar-refractivity contribution in [3.05, 3.63) is 29.0 Å². The quantitative estimate of drug-likeness (QED) is 0.591. The van der Waals surface area contributed by atoms with Crippen molar-refractivity contribution in [2.75, 3.05) is 7.05 Å². The molecule has 7 heteroatoms. The second-order valence-corrected chi connectivity index (χ2v) is 4.52.